The number of benzene rings is 2. The van der Waals surface area contributed by atoms with Crippen molar-refractivity contribution in [1.82, 2.24) is 10.6 Å². The molecule has 0 aliphatic carbocycles. The Bertz CT molecular complexity index is 632. The van der Waals surface area contributed by atoms with Gasteiger partial charge in [-0.2, -0.15) is 0 Å². The fraction of sp³-hybridized carbons (Fsp3) is 0.458. The number of unbranched alkanes of at least 4 members (excludes halogenated alkanes) is 5. The maximum Gasteiger partial charge on any atom is 0.300 e. The van der Waals surface area contributed by atoms with Crippen molar-refractivity contribution in [2.75, 3.05) is 13.1 Å². The van der Waals surface area contributed by atoms with Crippen LogP contribution in [-0.4, -0.2) is 24.2 Å². The summed E-state index contributed by atoms with van der Waals surface area (Å²) in [7, 11) is 0. The van der Waals surface area contributed by atoms with Crippen LogP contribution in [0.25, 0.3) is 0 Å². The van der Waals surface area contributed by atoms with Gasteiger partial charge >= 0.3 is 0 Å². The molecule has 0 aliphatic rings. The van der Waals surface area contributed by atoms with Gasteiger partial charge in [-0.1, -0.05) is 73.2 Å². The van der Waals surface area contributed by atoms with E-state index in [9.17, 15) is 0 Å². The van der Waals surface area contributed by atoms with Crippen molar-refractivity contribution in [3.8, 4) is 0 Å². The van der Waals surface area contributed by atoms with Gasteiger partial charge in [0.15, 0.2) is 0 Å². The van der Waals surface area contributed by atoms with E-state index in [2.05, 4.69) is 34.9 Å². The first kappa shape index (κ1) is 26.4. The van der Waals surface area contributed by atoms with Gasteiger partial charge in [0, 0.05) is 30.1 Å². The zero-order valence-corrected chi connectivity index (χ0v) is 19.3. The van der Waals surface area contributed by atoms with Gasteiger partial charge in [-0.3, -0.25) is 4.79 Å². The van der Waals surface area contributed by atoms with E-state index < -0.39 is 5.97 Å². The van der Waals surface area contributed by atoms with Crippen LogP contribution >= 0.6 is 23.2 Å². The summed E-state index contributed by atoms with van der Waals surface area (Å²) in [6.07, 6.45) is 7.79. The summed E-state index contributed by atoms with van der Waals surface area (Å²) in [5.74, 6) is -0.833. The quantitative estimate of drug-likeness (QED) is 0.311. The predicted molar refractivity (Wildman–Crippen MR) is 127 cm³/mol. The first-order valence-electron chi connectivity index (χ1n) is 10.6. The molecule has 0 radical (unpaired) electrons. The third-order valence-electron chi connectivity index (χ3n) is 4.44. The monoisotopic (exact) mass is 452 g/mol. The van der Waals surface area contributed by atoms with Gasteiger partial charge in [-0.25, -0.2) is 0 Å². The van der Waals surface area contributed by atoms with Crippen molar-refractivity contribution in [3.05, 3.63) is 69.7 Å². The summed E-state index contributed by atoms with van der Waals surface area (Å²) >= 11 is 11.8. The van der Waals surface area contributed by atoms with E-state index in [1.807, 2.05) is 24.3 Å². The van der Waals surface area contributed by atoms with E-state index in [0.29, 0.717) is 0 Å². The molecule has 0 amide bonds. The van der Waals surface area contributed by atoms with E-state index >= 15 is 0 Å². The Morgan fingerprint density at radius 1 is 0.700 bits per heavy atom. The number of carboxylic acids is 1. The number of hydrogen-bond acceptors (Lipinski definition) is 3. The van der Waals surface area contributed by atoms with Gasteiger partial charge < -0.3 is 15.7 Å². The smallest absolute Gasteiger partial charge is 0.300 e. The summed E-state index contributed by atoms with van der Waals surface area (Å²) in [5, 5.41) is 16.0. The lowest BCUT2D eigenvalue weighted by atomic mass is 10.1. The van der Waals surface area contributed by atoms with Crippen LogP contribution in [0.2, 0.25) is 10.0 Å². The van der Waals surface area contributed by atoms with E-state index in [4.69, 9.17) is 33.1 Å². The molecule has 0 atom stereocenters. The summed E-state index contributed by atoms with van der Waals surface area (Å²) in [6, 6.07) is 16.1. The molecule has 30 heavy (non-hydrogen) atoms. The van der Waals surface area contributed by atoms with Gasteiger partial charge in [0.1, 0.15) is 0 Å². The molecule has 4 nitrogen and oxygen atoms in total. The Kier molecular flexibility index (Phi) is 15.1. The fourth-order valence-corrected chi connectivity index (χ4v) is 3.13. The van der Waals surface area contributed by atoms with Crippen LogP contribution in [0.15, 0.2) is 48.5 Å². The largest absolute Gasteiger partial charge is 0.481 e. The third-order valence-corrected chi connectivity index (χ3v) is 4.95. The standard InChI is InChI=1S/C22H30Cl2N2.C2H4O2/c23-21-11-7-19(8-12-21)17-25-15-5-3-1-2-4-6-16-26-18-20-9-13-22(24)14-10-20;1-2(3)4/h7-14,25-26H,1-6,15-18H2;1H3,(H,3,4). The first-order valence-corrected chi connectivity index (χ1v) is 11.3. The third kappa shape index (κ3) is 15.3. The van der Waals surface area contributed by atoms with Gasteiger partial charge in [0.05, 0.1) is 0 Å². The minimum absolute atomic E-state index is 0.800. The second kappa shape index (κ2) is 17.1. The Hall–Kier alpha value is -1.59. The van der Waals surface area contributed by atoms with Crippen molar-refractivity contribution in [1.29, 1.82) is 0 Å². The van der Waals surface area contributed by atoms with Gasteiger partial charge in [-0.15, -0.1) is 0 Å². The Labute approximate surface area is 191 Å². The maximum atomic E-state index is 9.00. The molecule has 0 saturated carbocycles. The van der Waals surface area contributed by atoms with Crippen LogP contribution in [0.3, 0.4) is 0 Å². The molecule has 0 fully saturated rings. The van der Waals surface area contributed by atoms with Crippen LogP contribution in [0.1, 0.15) is 56.6 Å². The number of hydrogen-bond donors (Lipinski definition) is 3. The topological polar surface area (TPSA) is 61.4 Å². The van der Waals surface area contributed by atoms with E-state index in [1.54, 1.807) is 0 Å². The Morgan fingerprint density at radius 2 is 1.00 bits per heavy atom. The van der Waals surface area contributed by atoms with Gasteiger partial charge in [0.25, 0.3) is 5.97 Å². The molecule has 166 valence electrons. The molecular weight excluding hydrogens is 419 g/mol. The van der Waals surface area contributed by atoms with Gasteiger partial charge in [-0.05, 0) is 61.3 Å². The highest BCUT2D eigenvalue weighted by molar-refractivity contribution is 6.30. The van der Waals surface area contributed by atoms with E-state index in [1.165, 1.54) is 49.7 Å². The van der Waals surface area contributed by atoms with Crippen LogP contribution < -0.4 is 10.6 Å². The molecule has 2 aromatic rings. The average Bonchev–Trinajstić information content (AvgIpc) is 2.71. The molecule has 0 unspecified atom stereocenters. The average molecular weight is 453 g/mol. The fourth-order valence-electron chi connectivity index (χ4n) is 2.88. The molecule has 6 heteroatoms. The maximum absolute atomic E-state index is 9.00. The van der Waals surface area contributed by atoms with Crippen LogP contribution in [0.5, 0.6) is 0 Å². The molecule has 3 N–H and O–H groups in total. The number of carboxylic acid groups (broad SMARTS) is 1. The van der Waals surface area contributed by atoms with Crippen molar-refractivity contribution in [2.45, 2.75) is 58.5 Å². The van der Waals surface area contributed by atoms with Crippen LogP contribution in [-0.2, 0) is 17.9 Å². The number of aliphatic carboxylic acids is 1. The molecule has 0 saturated heterocycles. The lowest BCUT2D eigenvalue weighted by Gasteiger charge is -2.06. The molecular formula is C24H34Cl2N2O2. The van der Waals surface area contributed by atoms with Crippen molar-refractivity contribution in [2.24, 2.45) is 0 Å². The minimum atomic E-state index is -0.833. The molecule has 0 bridgehead atoms. The zero-order valence-electron chi connectivity index (χ0n) is 17.8. The Morgan fingerprint density at radius 3 is 1.33 bits per heavy atom. The molecule has 2 rings (SSSR count). The number of nitrogens with one attached hydrogen (secondary N) is 2. The molecule has 0 aromatic heterocycles. The normalized spacial score (nSPS) is 10.4. The SMILES string of the molecule is CC(=O)O.Clc1ccc(CNCCCCCCCCNCc2ccc(Cl)cc2)cc1. The second-order valence-corrected chi connectivity index (χ2v) is 8.12. The Balaban J connectivity index is 0.00000103. The molecule has 0 heterocycles. The number of carbonyl (C=O) groups is 1. The molecule has 0 spiro atoms. The highest BCUT2D eigenvalue weighted by Gasteiger charge is 1.96. The second-order valence-electron chi connectivity index (χ2n) is 7.25. The summed E-state index contributed by atoms with van der Waals surface area (Å²) < 4.78 is 0. The van der Waals surface area contributed by atoms with Crippen molar-refractivity contribution < 1.29 is 9.90 Å². The van der Waals surface area contributed by atoms with E-state index in [-0.39, 0.29) is 0 Å². The summed E-state index contributed by atoms with van der Waals surface area (Å²) in [4.78, 5) is 9.00. The highest BCUT2D eigenvalue weighted by Crippen LogP contribution is 2.10. The highest BCUT2D eigenvalue weighted by atomic mass is 35.5. The van der Waals surface area contributed by atoms with Crippen LogP contribution in [0.4, 0.5) is 0 Å². The zero-order chi connectivity index (χ0) is 22.0. The first-order chi connectivity index (χ1) is 14.5. The lowest BCUT2D eigenvalue weighted by molar-refractivity contribution is -0.134. The van der Waals surface area contributed by atoms with Crippen LogP contribution in [0, 0.1) is 0 Å². The molecule has 0 aliphatic heterocycles. The predicted octanol–water partition coefficient (Wildman–Crippen LogP) is 6.30. The number of halogens is 2. The van der Waals surface area contributed by atoms with Crippen molar-refractivity contribution in [3.63, 3.8) is 0 Å². The lowest BCUT2D eigenvalue weighted by Crippen LogP contribution is -2.15. The molecule has 2 aromatic carbocycles. The minimum Gasteiger partial charge on any atom is -0.481 e. The number of rotatable bonds is 13. The van der Waals surface area contributed by atoms with Crippen molar-refractivity contribution >= 4 is 29.2 Å². The van der Waals surface area contributed by atoms with E-state index in [0.717, 1.165) is 43.1 Å². The summed E-state index contributed by atoms with van der Waals surface area (Å²) in [6.45, 7) is 5.11. The summed E-state index contributed by atoms with van der Waals surface area (Å²) in [5.41, 5.74) is 2.58. The van der Waals surface area contributed by atoms with Gasteiger partial charge in [0.2, 0.25) is 0 Å².